The monoisotopic (exact) mass is 877 g/mol. The molecule has 1 aliphatic carbocycles. The molecule has 5 nitrogen and oxygen atoms in total. The number of rotatable bonds is 7. The number of pyridine rings is 1. The van der Waals surface area contributed by atoms with Gasteiger partial charge in [0.25, 0.3) is 0 Å². The minimum Gasteiger partial charge on any atom is -0.457 e. The molecule has 3 heterocycles. The number of ether oxygens (including phenoxy) is 1. The van der Waals surface area contributed by atoms with E-state index in [4.69, 9.17) is 14.7 Å². The smallest absolute Gasteiger partial charge is 0.137 e. The summed E-state index contributed by atoms with van der Waals surface area (Å²) in [4.78, 5) is 13.6. The highest BCUT2D eigenvalue weighted by atomic mass is 16.5. The van der Waals surface area contributed by atoms with Crippen molar-refractivity contribution in [3.63, 3.8) is 0 Å². The number of fused-ring (bicyclic) bond motifs is 6. The highest BCUT2D eigenvalue weighted by Gasteiger charge is 2.62. The van der Waals surface area contributed by atoms with Crippen LogP contribution in [0.25, 0.3) is 27.6 Å². The van der Waals surface area contributed by atoms with Crippen LogP contribution < -0.4 is 9.64 Å². The van der Waals surface area contributed by atoms with Gasteiger partial charge >= 0.3 is 0 Å². The van der Waals surface area contributed by atoms with E-state index in [2.05, 4.69) is 224 Å². The predicted molar refractivity (Wildman–Crippen MR) is 280 cm³/mol. The number of para-hydroxylation sites is 1. The topological polar surface area (TPSA) is 42.6 Å². The zero-order valence-corrected chi connectivity index (χ0v) is 42.9. The second-order valence-electron chi connectivity index (χ2n) is 23.7. The molecular formula is C61H72N4O. The molecule has 66 heavy (non-hydrogen) atoms. The maximum Gasteiger partial charge on any atom is 0.137 e. The van der Waals surface area contributed by atoms with Crippen molar-refractivity contribution >= 4 is 33.3 Å². The highest BCUT2D eigenvalue weighted by Crippen LogP contribution is 2.58. The Morgan fingerprint density at radius 3 is 1.88 bits per heavy atom. The fourth-order valence-corrected chi connectivity index (χ4v) is 10.7. The number of aliphatic imine (C=N–C) groups is 1. The average molecular weight is 877 g/mol. The molecule has 2 aliphatic rings. The molecule has 0 bridgehead atoms. The third kappa shape index (κ3) is 7.36. The van der Waals surface area contributed by atoms with E-state index in [1.165, 1.54) is 66.5 Å². The van der Waals surface area contributed by atoms with Crippen molar-refractivity contribution in [2.45, 2.75) is 163 Å². The number of nitrogens with zero attached hydrogens (tertiary/aromatic N) is 4. The van der Waals surface area contributed by atoms with Gasteiger partial charge in [-0.1, -0.05) is 126 Å². The minimum absolute atomic E-state index is 0.00707. The molecule has 5 aromatic carbocycles. The molecule has 0 fully saturated rings. The van der Waals surface area contributed by atoms with Gasteiger partial charge in [0.1, 0.15) is 23.2 Å². The predicted octanol–water partition coefficient (Wildman–Crippen LogP) is 16.2. The number of aromatic nitrogens is 2. The molecular weight excluding hydrogens is 805 g/mol. The minimum atomic E-state index is -0.437. The average Bonchev–Trinajstić information content (AvgIpc) is 3.76. The molecule has 0 amide bonds. The molecule has 342 valence electrons. The van der Waals surface area contributed by atoms with E-state index >= 15 is 0 Å². The number of amidine groups is 1. The van der Waals surface area contributed by atoms with Crippen molar-refractivity contribution in [3.8, 4) is 17.3 Å². The highest BCUT2D eigenvalue weighted by molar-refractivity contribution is 6.15. The number of hydrogen-bond acceptors (Lipinski definition) is 4. The van der Waals surface area contributed by atoms with E-state index < -0.39 is 11.1 Å². The number of anilines is 1. The summed E-state index contributed by atoms with van der Waals surface area (Å²) in [5.41, 5.74) is 15.4. The molecule has 2 aromatic heterocycles. The van der Waals surface area contributed by atoms with Gasteiger partial charge in [-0.3, -0.25) is 9.56 Å². The Kier molecular flexibility index (Phi) is 10.6. The summed E-state index contributed by atoms with van der Waals surface area (Å²) in [7, 11) is 0. The van der Waals surface area contributed by atoms with Gasteiger partial charge < -0.3 is 9.64 Å². The standard InChI is InChI=1S/C61H72N4O/c1-36(2)47-19-18-20-48(37(3)4)55(47)65-56(63-60(16)35-41-27-38(5)39(6)28-51(41)61(60,65)17)40-29-44(59(13,14)15)31-46(30-40)66-45-22-23-49-50-32-42(57(7,8)9)21-24-52(50)64(53(49)34-45)54-33-43(25-26-62-54)58(10,11)12/h18-34,36-37H,35H2,1-17H3/t60-,61+/m1/s1. The maximum atomic E-state index is 7.15. The first-order valence-electron chi connectivity index (χ1n) is 24.3. The van der Waals surface area contributed by atoms with Crippen molar-refractivity contribution < 1.29 is 4.74 Å². The second kappa shape index (κ2) is 15.4. The molecule has 1 aliphatic heterocycles. The lowest BCUT2D eigenvalue weighted by atomic mass is 9.78. The Morgan fingerprint density at radius 2 is 1.24 bits per heavy atom. The fraction of sp³-hybridized carbons (Fsp3) is 0.410. The molecule has 5 heteroatoms. The summed E-state index contributed by atoms with van der Waals surface area (Å²) in [5.74, 6) is 4.11. The summed E-state index contributed by atoms with van der Waals surface area (Å²) < 4.78 is 9.47. The van der Waals surface area contributed by atoms with Gasteiger partial charge in [-0.05, 0) is 160 Å². The summed E-state index contributed by atoms with van der Waals surface area (Å²) in [6.07, 6.45) is 2.83. The van der Waals surface area contributed by atoms with Crippen LogP contribution in [0.4, 0.5) is 5.69 Å². The van der Waals surface area contributed by atoms with Crippen LogP contribution in [0.3, 0.4) is 0 Å². The summed E-state index contributed by atoms with van der Waals surface area (Å²) >= 11 is 0. The third-order valence-electron chi connectivity index (χ3n) is 15.1. The fourth-order valence-electron chi connectivity index (χ4n) is 10.7. The first kappa shape index (κ1) is 45.5. The summed E-state index contributed by atoms with van der Waals surface area (Å²) in [6.45, 7) is 39.2. The van der Waals surface area contributed by atoms with Crippen molar-refractivity contribution in [3.05, 3.63) is 159 Å². The van der Waals surface area contributed by atoms with Gasteiger partial charge in [0, 0.05) is 35.0 Å². The molecule has 0 radical (unpaired) electrons. The van der Waals surface area contributed by atoms with Gasteiger partial charge in [-0.15, -0.1) is 0 Å². The molecule has 0 unspecified atom stereocenters. The lowest BCUT2D eigenvalue weighted by Crippen LogP contribution is -2.52. The summed E-state index contributed by atoms with van der Waals surface area (Å²) in [6, 6.07) is 36.6. The lowest BCUT2D eigenvalue weighted by Gasteiger charge is -2.44. The SMILES string of the molecule is Cc1cc2c(cc1C)[C@]1(C)N(c3c(C(C)C)cccc3C(C)C)C(c3cc(Oc4ccc5c6cc(C(C)(C)C)ccc6n(-c6cc(C(C)(C)C)ccn6)c5c4)cc(C(C)(C)C)c3)=N[C@]1(C)C2. The molecule has 0 saturated heterocycles. The Balaban J connectivity index is 1.25. The van der Waals surface area contributed by atoms with Crippen LogP contribution in [0.15, 0.2) is 108 Å². The van der Waals surface area contributed by atoms with Gasteiger partial charge in [0.2, 0.25) is 0 Å². The van der Waals surface area contributed by atoms with Crippen LogP contribution in [0.5, 0.6) is 11.5 Å². The van der Waals surface area contributed by atoms with E-state index in [-0.39, 0.29) is 16.2 Å². The van der Waals surface area contributed by atoms with Crippen molar-refractivity contribution in [2.24, 2.45) is 4.99 Å². The van der Waals surface area contributed by atoms with Crippen molar-refractivity contribution in [1.29, 1.82) is 0 Å². The number of aryl methyl sites for hydroxylation is 2. The quantitative estimate of drug-likeness (QED) is 0.160. The number of benzene rings is 5. The maximum absolute atomic E-state index is 7.15. The van der Waals surface area contributed by atoms with E-state index in [9.17, 15) is 0 Å². The largest absolute Gasteiger partial charge is 0.457 e. The number of hydrogen-bond donors (Lipinski definition) is 0. The molecule has 7 aromatic rings. The van der Waals surface area contributed by atoms with E-state index in [0.717, 1.165) is 46.2 Å². The van der Waals surface area contributed by atoms with Gasteiger partial charge in [0.05, 0.1) is 27.8 Å². The van der Waals surface area contributed by atoms with Crippen LogP contribution in [-0.4, -0.2) is 20.9 Å². The van der Waals surface area contributed by atoms with Crippen LogP contribution in [0.1, 0.15) is 171 Å². The van der Waals surface area contributed by atoms with Gasteiger partial charge in [-0.2, -0.15) is 0 Å². The molecule has 9 rings (SSSR count). The first-order chi connectivity index (χ1) is 30.8. The molecule has 0 N–H and O–H groups in total. The van der Waals surface area contributed by atoms with Gasteiger partial charge in [-0.25, -0.2) is 4.98 Å². The molecule has 0 saturated carbocycles. The van der Waals surface area contributed by atoms with Crippen molar-refractivity contribution in [1.82, 2.24) is 9.55 Å². The van der Waals surface area contributed by atoms with E-state index in [1.54, 1.807) is 0 Å². The zero-order valence-electron chi connectivity index (χ0n) is 42.9. The van der Waals surface area contributed by atoms with Gasteiger partial charge in [0.15, 0.2) is 0 Å². The normalized spacial score (nSPS) is 18.8. The van der Waals surface area contributed by atoms with Crippen LogP contribution in [-0.2, 0) is 28.2 Å². The lowest BCUT2D eigenvalue weighted by molar-refractivity contribution is 0.321. The zero-order chi connectivity index (χ0) is 47.6. The first-order valence-corrected chi connectivity index (χ1v) is 24.3. The van der Waals surface area contributed by atoms with Crippen molar-refractivity contribution in [2.75, 3.05) is 4.90 Å². The molecule has 2 atom stereocenters. The Labute approximate surface area is 395 Å². The Bertz CT molecular complexity index is 3080. The summed E-state index contributed by atoms with van der Waals surface area (Å²) in [5, 5.41) is 2.39. The molecule has 0 spiro atoms. The van der Waals surface area contributed by atoms with Crippen LogP contribution >= 0.6 is 0 Å². The van der Waals surface area contributed by atoms with Crippen LogP contribution in [0.2, 0.25) is 0 Å². The van der Waals surface area contributed by atoms with E-state index in [1.807, 2.05) is 6.20 Å². The van der Waals surface area contributed by atoms with Crippen LogP contribution in [0, 0.1) is 13.8 Å². The second-order valence-corrected chi connectivity index (χ2v) is 23.7. The Hall–Kier alpha value is -5.68. The van der Waals surface area contributed by atoms with E-state index in [0.29, 0.717) is 11.8 Å². The third-order valence-corrected chi connectivity index (χ3v) is 15.1. The Morgan fingerprint density at radius 1 is 0.606 bits per heavy atom.